The summed E-state index contributed by atoms with van der Waals surface area (Å²) in [5.41, 5.74) is 1.75. The van der Waals surface area contributed by atoms with E-state index in [1.807, 2.05) is 42.5 Å². The molecule has 1 heterocycles. The van der Waals surface area contributed by atoms with E-state index >= 15 is 0 Å². The molecule has 0 spiro atoms. The molecule has 0 aliphatic carbocycles. The molecular formula is C13H8ClNOS. The molecule has 1 aliphatic heterocycles. The minimum atomic E-state index is 0.635. The van der Waals surface area contributed by atoms with Crippen LogP contribution in [0.2, 0.25) is 5.02 Å². The van der Waals surface area contributed by atoms with Gasteiger partial charge in [-0.15, -0.1) is 0 Å². The second kappa shape index (κ2) is 4.09. The van der Waals surface area contributed by atoms with Crippen LogP contribution < -0.4 is 4.90 Å². The molecule has 84 valence electrons. The van der Waals surface area contributed by atoms with Gasteiger partial charge in [-0.25, -0.2) is 0 Å². The smallest absolute Gasteiger partial charge is 0.218 e. The molecule has 0 radical (unpaired) electrons. The molecule has 4 heteroatoms. The number of carbonyl (C=O) groups excluding carboxylic acids is 1. The van der Waals surface area contributed by atoms with Crippen molar-refractivity contribution in [2.45, 2.75) is 9.79 Å². The van der Waals surface area contributed by atoms with Gasteiger partial charge in [0.25, 0.3) is 0 Å². The maximum atomic E-state index is 11.3. The van der Waals surface area contributed by atoms with Crippen molar-refractivity contribution in [3.63, 3.8) is 0 Å². The van der Waals surface area contributed by atoms with Crippen LogP contribution in [0, 0.1) is 0 Å². The number of carbonyl (C=O) groups is 1. The summed E-state index contributed by atoms with van der Waals surface area (Å²) in [6.45, 7) is 0. The number of hydrogen-bond acceptors (Lipinski definition) is 2. The highest BCUT2D eigenvalue weighted by Crippen LogP contribution is 2.47. The molecule has 0 N–H and O–H groups in total. The van der Waals surface area contributed by atoms with Crippen LogP contribution in [0.1, 0.15) is 0 Å². The Kier molecular flexibility index (Phi) is 2.57. The zero-order chi connectivity index (χ0) is 11.8. The van der Waals surface area contributed by atoms with Crippen LogP contribution in [0.3, 0.4) is 0 Å². The predicted molar refractivity (Wildman–Crippen MR) is 70.2 cm³/mol. The van der Waals surface area contributed by atoms with E-state index in [1.54, 1.807) is 16.7 Å². The third-order valence-corrected chi connectivity index (χ3v) is 4.00. The van der Waals surface area contributed by atoms with E-state index in [0.29, 0.717) is 5.02 Å². The van der Waals surface area contributed by atoms with Crippen molar-refractivity contribution in [2.24, 2.45) is 0 Å². The molecule has 0 unspecified atom stereocenters. The standard InChI is InChI=1S/C13H8ClNOS/c14-9-5-6-13-11(7-9)15(8-16)10-3-1-2-4-12(10)17-13/h1-8H. The fourth-order valence-corrected chi connectivity index (χ4v) is 3.09. The summed E-state index contributed by atoms with van der Waals surface area (Å²) in [4.78, 5) is 15.0. The molecule has 2 nitrogen and oxygen atoms in total. The first-order chi connectivity index (χ1) is 8.29. The van der Waals surface area contributed by atoms with Gasteiger partial charge >= 0.3 is 0 Å². The SMILES string of the molecule is O=CN1c2ccccc2Sc2ccc(Cl)cc21. The second-order valence-electron chi connectivity index (χ2n) is 3.66. The van der Waals surface area contributed by atoms with Gasteiger partial charge in [-0.05, 0) is 30.3 Å². The summed E-state index contributed by atoms with van der Waals surface area (Å²) < 4.78 is 0. The van der Waals surface area contributed by atoms with Crippen LogP contribution in [0.15, 0.2) is 52.3 Å². The number of hydrogen-bond donors (Lipinski definition) is 0. The van der Waals surface area contributed by atoms with E-state index in [-0.39, 0.29) is 0 Å². The van der Waals surface area contributed by atoms with Gasteiger partial charge in [0.15, 0.2) is 0 Å². The lowest BCUT2D eigenvalue weighted by molar-refractivity contribution is -0.106. The summed E-state index contributed by atoms with van der Waals surface area (Å²) in [7, 11) is 0. The number of anilines is 2. The molecule has 3 rings (SSSR count). The fourth-order valence-electron chi connectivity index (χ4n) is 1.87. The van der Waals surface area contributed by atoms with Gasteiger partial charge in [-0.2, -0.15) is 0 Å². The first kappa shape index (κ1) is 10.7. The van der Waals surface area contributed by atoms with Crippen molar-refractivity contribution in [2.75, 3.05) is 4.90 Å². The highest BCUT2D eigenvalue weighted by molar-refractivity contribution is 7.99. The van der Waals surface area contributed by atoms with Crippen molar-refractivity contribution < 1.29 is 4.79 Å². The van der Waals surface area contributed by atoms with Crippen molar-refractivity contribution >= 4 is 41.1 Å². The summed E-state index contributed by atoms with van der Waals surface area (Å²) in [5, 5.41) is 0.635. The van der Waals surface area contributed by atoms with Gasteiger partial charge in [0.2, 0.25) is 6.41 Å². The molecule has 1 aliphatic rings. The minimum absolute atomic E-state index is 0.635. The minimum Gasteiger partial charge on any atom is -0.281 e. The summed E-state index contributed by atoms with van der Waals surface area (Å²) in [6, 6.07) is 13.4. The monoisotopic (exact) mass is 261 g/mol. The van der Waals surface area contributed by atoms with E-state index in [2.05, 4.69) is 0 Å². The molecule has 1 amide bonds. The molecular weight excluding hydrogens is 254 g/mol. The Morgan fingerprint density at radius 3 is 2.65 bits per heavy atom. The molecule has 0 saturated carbocycles. The van der Waals surface area contributed by atoms with Crippen LogP contribution in [-0.4, -0.2) is 6.41 Å². The summed E-state index contributed by atoms with van der Waals surface area (Å²) >= 11 is 7.63. The topological polar surface area (TPSA) is 20.3 Å². The number of amides is 1. The Hall–Kier alpha value is -1.45. The molecule has 0 bridgehead atoms. The van der Waals surface area contributed by atoms with E-state index in [1.165, 1.54) is 0 Å². The maximum absolute atomic E-state index is 11.3. The van der Waals surface area contributed by atoms with E-state index in [4.69, 9.17) is 11.6 Å². The zero-order valence-corrected chi connectivity index (χ0v) is 10.3. The molecule has 2 aromatic rings. The third kappa shape index (κ3) is 1.72. The molecule has 0 atom stereocenters. The molecule has 0 saturated heterocycles. The highest BCUT2D eigenvalue weighted by Gasteiger charge is 2.22. The van der Waals surface area contributed by atoms with Crippen molar-refractivity contribution in [3.8, 4) is 0 Å². The van der Waals surface area contributed by atoms with Crippen LogP contribution in [0.5, 0.6) is 0 Å². The van der Waals surface area contributed by atoms with Crippen LogP contribution >= 0.6 is 23.4 Å². The average Bonchev–Trinajstić information content (AvgIpc) is 2.36. The van der Waals surface area contributed by atoms with Crippen LogP contribution in [-0.2, 0) is 4.79 Å². The second-order valence-corrected chi connectivity index (χ2v) is 5.18. The van der Waals surface area contributed by atoms with Gasteiger partial charge in [-0.3, -0.25) is 9.69 Å². The normalized spacial score (nSPS) is 12.9. The Morgan fingerprint density at radius 2 is 1.82 bits per heavy atom. The lowest BCUT2D eigenvalue weighted by Crippen LogP contribution is -2.18. The van der Waals surface area contributed by atoms with Gasteiger partial charge in [-0.1, -0.05) is 35.5 Å². The Morgan fingerprint density at radius 1 is 1.06 bits per heavy atom. The zero-order valence-electron chi connectivity index (χ0n) is 8.76. The average molecular weight is 262 g/mol. The molecule has 0 aromatic heterocycles. The highest BCUT2D eigenvalue weighted by atomic mass is 35.5. The predicted octanol–water partition coefficient (Wildman–Crippen LogP) is 4.10. The quantitative estimate of drug-likeness (QED) is 0.721. The fraction of sp³-hybridized carbons (Fsp3) is 0. The van der Waals surface area contributed by atoms with Crippen molar-refractivity contribution in [3.05, 3.63) is 47.5 Å². The third-order valence-electron chi connectivity index (χ3n) is 2.63. The number of fused-ring (bicyclic) bond motifs is 2. The van der Waals surface area contributed by atoms with Crippen molar-refractivity contribution in [1.29, 1.82) is 0 Å². The van der Waals surface area contributed by atoms with Gasteiger partial charge < -0.3 is 0 Å². The summed E-state index contributed by atoms with van der Waals surface area (Å²) in [5.74, 6) is 0. The van der Waals surface area contributed by atoms with Gasteiger partial charge in [0.1, 0.15) is 0 Å². The Labute approximate surface area is 108 Å². The lowest BCUT2D eigenvalue weighted by Gasteiger charge is -2.27. The van der Waals surface area contributed by atoms with Crippen LogP contribution in [0.4, 0.5) is 11.4 Å². The van der Waals surface area contributed by atoms with Crippen molar-refractivity contribution in [1.82, 2.24) is 0 Å². The molecule has 2 aromatic carbocycles. The molecule has 17 heavy (non-hydrogen) atoms. The number of para-hydroxylation sites is 1. The first-order valence-electron chi connectivity index (χ1n) is 5.10. The number of halogens is 1. The van der Waals surface area contributed by atoms with E-state index < -0.39 is 0 Å². The summed E-state index contributed by atoms with van der Waals surface area (Å²) in [6.07, 6.45) is 0.827. The number of nitrogens with zero attached hydrogens (tertiary/aromatic N) is 1. The largest absolute Gasteiger partial charge is 0.281 e. The van der Waals surface area contributed by atoms with Gasteiger partial charge in [0, 0.05) is 14.8 Å². The van der Waals surface area contributed by atoms with Crippen LogP contribution in [0.25, 0.3) is 0 Å². The lowest BCUT2D eigenvalue weighted by atomic mass is 10.2. The van der Waals surface area contributed by atoms with Gasteiger partial charge in [0.05, 0.1) is 11.4 Å². The van der Waals surface area contributed by atoms with E-state index in [0.717, 1.165) is 27.6 Å². The molecule has 0 fully saturated rings. The number of rotatable bonds is 1. The maximum Gasteiger partial charge on any atom is 0.218 e. The first-order valence-corrected chi connectivity index (χ1v) is 6.30. The number of benzene rings is 2. The Bertz CT molecular complexity index is 600. The Balaban J connectivity index is 2.22. The van der Waals surface area contributed by atoms with E-state index in [9.17, 15) is 4.79 Å².